The second kappa shape index (κ2) is 7.82. The summed E-state index contributed by atoms with van der Waals surface area (Å²) in [6, 6.07) is 6.82. The first-order valence-corrected chi connectivity index (χ1v) is 8.43. The van der Waals surface area contributed by atoms with Gasteiger partial charge < -0.3 is 5.32 Å². The number of halogens is 1. The van der Waals surface area contributed by atoms with Crippen molar-refractivity contribution in [3.63, 3.8) is 0 Å². The van der Waals surface area contributed by atoms with Crippen molar-refractivity contribution in [1.29, 1.82) is 0 Å². The van der Waals surface area contributed by atoms with Crippen LogP contribution < -0.4 is 10.6 Å². The van der Waals surface area contributed by atoms with Crippen LogP contribution in [-0.4, -0.2) is 26.8 Å². The number of benzene rings is 1. The van der Waals surface area contributed by atoms with Gasteiger partial charge in [0.1, 0.15) is 5.69 Å². The maximum Gasteiger partial charge on any atom is 0.277 e. The predicted octanol–water partition coefficient (Wildman–Crippen LogP) is 3.02. The van der Waals surface area contributed by atoms with Gasteiger partial charge in [0.05, 0.1) is 18.3 Å². The van der Waals surface area contributed by atoms with Crippen molar-refractivity contribution >= 4 is 45.6 Å². The minimum atomic E-state index is -0.403. The van der Waals surface area contributed by atoms with Crippen LogP contribution in [0.4, 0.5) is 10.8 Å². The third kappa shape index (κ3) is 4.82. The molecule has 9 heteroatoms. The zero-order valence-electron chi connectivity index (χ0n) is 12.8. The fourth-order valence-corrected chi connectivity index (χ4v) is 2.76. The van der Waals surface area contributed by atoms with E-state index in [-0.39, 0.29) is 18.0 Å². The summed E-state index contributed by atoms with van der Waals surface area (Å²) in [5.74, 6) is -0.612. The summed E-state index contributed by atoms with van der Waals surface area (Å²) in [4.78, 5) is 36.0. The van der Waals surface area contributed by atoms with Gasteiger partial charge in [0.25, 0.3) is 5.91 Å². The van der Waals surface area contributed by atoms with E-state index in [2.05, 4.69) is 25.6 Å². The predicted molar refractivity (Wildman–Crippen MR) is 95.9 cm³/mol. The maximum absolute atomic E-state index is 12.0. The Kier molecular flexibility index (Phi) is 5.32. The fraction of sp³-hybridized carbons (Fsp3) is 0.0625. The lowest BCUT2D eigenvalue weighted by molar-refractivity contribution is -0.115. The van der Waals surface area contributed by atoms with E-state index in [0.29, 0.717) is 21.5 Å². The van der Waals surface area contributed by atoms with Crippen LogP contribution in [0.5, 0.6) is 0 Å². The van der Waals surface area contributed by atoms with Gasteiger partial charge in [-0.2, -0.15) is 0 Å². The molecule has 2 heterocycles. The van der Waals surface area contributed by atoms with Gasteiger partial charge in [-0.3, -0.25) is 19.9 Å². The first-order chi connectivity index (χ1) is 12.1. The lowest BCUT2D eigenvalue weighted by atomic mass is 10.3. The fourth-order valence-electron chi connectivity index (χ4n) is 1.93. The zero-order valence-corrected chi connectivity index (χ0v) is 14.3. The van der Waals surface area contributed by atoms with Crippen LogP contribution in [0.3, 0.4) is 0 Å². The average molecular weight is 374 g/mol. The number of nitrogens with one attached hydrogen (secondary N) is 2. The molecule has 0 fully saturated rings. The molecular formula is C16H12ClN5O2S. The molecule has 3 rings (SSSR count). The summed E-state index contributed by atoms with van der Waals surface area (Å²) < 4.78 is 0. The normalized spacial score (nSPS) is 10.3. The van der Waals surface area contributed by atoms with Gasteiger partial charge >= 0.3 is 0 Å². The smallest absolute Gasteiger partial charge is 0.277 e. The van der Waals surface area contributed by atoms with Gasteiger partial charge in [-0.25, -0.2) is 9.97 Å². The average Bonchev–Trinajstić information content (AvgIpc) is 3.04. The van der Waals surface area contributed by atoms with Gasteiger partial charge in [-0.05, 0) is 24.3 Å². The molecule has 0 bridgehead atoms. The highest BCUT2D eigenvalue weighted by Gasteiger charge is 2.12. The molecule has 0 saturated carbocycles. The molecule has 2 amide bonds. The number of nitrogens with zero attached hydrogens (tertiary/aromatic N) is 3. The molecule has 25 heavy (non-hydrogen) atoms. The second-order valence-corrected chi connectivity index (χ2v) is 6.22. The highest BCUT2D eigenvalue weighted by Crippen LogP contribution is 2.18. The summed E-state index contributed by atoms with van der Waals surface area (Å²) in [6.07, 6.45) is 4.38. The number of carbonyl (C=O) groups is 2. The molecule has 0 spiro atoms. The molecule has 2 aromatic heterocycles. The summed E-state index contributed by atoms with van der Waals surface area (Å²) in [7, 11) is 0. The Labute approximate surface area is 152 Å². The van der Waals surface area contributed by atoms with Crippen molar-refractivity contribution in [1.82, 2.24) is 15.0 Å². The molecule has 7 nitrogen and oxygen atoms in total. The van der Waals surface area contributed by atoms with Crippen LogP contribution in [0.15, 0.2) is 48.2 Å². The third-order valence-electron chi connectivity index (χ3n) is 3.04. The Morgan fingerprint density at radius 2 is 1.92 bits per heavy atom. The Morgan fingerprint density at radius 3 is 2.64 bits per heavy atom. The monoisotopic (exact) mass is 373 g/mol. The van der Waals surface area contributed by atoms with E-state index in [4.69, 9.17) is 11.6 Å². The molecule has 0 atom stereocenters. The molecule has 0 unspecified atom stereocenters. The Bertz CT molecular complexity index is 883. The van der Waals surface area contributed by atoms with Crippen molar-refractivity contribution in [3.05, 3.63) is 64.6 Å². The van der Waals surface area contributed by atoms with Crippen LogP contribution in [0, 0.1) is 0 Å². The lowest BCUT2D eigenvalue weighted by Crippen LogP contribution is -2.15. The van der Waals surface area contributed by atoms with Crippen molar-refractivity contribution in [3.8, 4) is 0 Å². The topological polar surface area (TPSA) is 96.9 Å². The van der Waals surface area contributed by atoms with E-state index in [1.807, 2.05) is 0 Å². The van der Waals surface area contributed by atoms with Crippen LogP contribution >= 0.6 is 22.9 Å². The van der Waals surface area contributed by atoms with Crippen molar-refractivity contribution in [2.24, 2.45) is 0 Å². The molecule has 2 N–H and O–H groups in total. The Balaban J connectivity index is 1.57. The van der Waals surface area contributed by atoms with Crippen molar-refractivity contribution in [2.45, 2.75) is 6.42 Å². The first kappa shape index (κ1) is 17.0. The number of aromatic nitrogens is 3. The van der Waals surface area contributed by atoms with E-state index in [1.165, 1.54) is 29.9 Å². The molecule has 0 aliphatic carbocycles. The molecule has 0 aliphatic rings. The van der Waals surface area contributed by atoms with Crippen molar-refractivity contribution in [2.75, 3.05) is 10.6 Å². The number of carbonyl (C=O) groups excluding carboxylic acids is 2. The molecule has 3 aromatic rings. The quantitative estimate of drug-likeness (QED) is 0.716. The number of anilines is 2. The van der Waals surface area contributed by atoms with Gasteiger partial charge in [-0.1, -0.05) is 11.6 Å². The van der Waals surface area contributed by atoms with Gasteiger partial charge in [0.15, 0.2) is 5.13 Å². The molecule has 0 saturated heterocycles. The summed E-state index contributed by atoms with van der Waals surface area (Å²) in [5.41, 5.74) is 1.41. The number of thiazole rings is 1. The van der Waals surface area contributed by atoms with E-state index >= 15 is 0 Å². The van der Waals surface area contributed by atoms with Crippen LogP contribution in [0.25, 0.3) is 0 Å². The highest BCUT2D eigenvalue weighted by molar-refractivity contribution is 7.14. The number of hydrogen-bond donors (Lipinski definition) is 2. The van der Waals surface area contributed by atoms with E-state index in [0.717, 1.165) is 0 Å². The summed E-state index contributed by atoms with van der Waals surface area (Å²) in [6.45, 7) is 0. The Hall–Kier alpha value is -2.84. The van der Waals surface area contributed by atoms with Gasteiger partial charge in [0.2, 0.25) is 5.91 Å². The molecule has 1 aromatic carbocycles. The van der Waals surface area contributed by atoms with E-state index in [1.54, 1.807) is 29.6 Å². The van der Waals surface area contributed by atoms with Crippen molar-refractivity contribution < 1.29 is 9.59 Å². The molecule has 126 valence electrons. The summed E-state index contributed by atoms with van der Waals surface area (Å²) in [5, 5.41) is 8.09. The third-order valence-corrected chi connectivity index (χ3v) is 4.10. The summed E-state index contributed by atoms with van der Waals surface area (Å²) >= 11 is 7.04. The highest BCUT2D eigenvalue weighted by atomic mass is 35.5. The number of hydrogen-bond acceptors (Lipinski definition) is 6. The van der Waals surface area contributed by atoms with Gasteiger partial charge in [0, 0.05) is 28.5 Å². The zero-order chi connectivity index (χ0) is 17.6. The SMILES string of the molecule is O=C(Cc1csc(NC(=O)c2cnccn2)n1)Nc1ccc(Cl)cc1. The molecule has 0 radical (unpaired) electrons. The molecular weight excluding hydrogens is 362 g/mol. The van der Waals surface area contributed by atoms with Gasteiger partial charge in [-0.15, -0.1) is 11.3 Å². The Morgan fingerprint density at radius 1 is 1.12 bits per heavy atom. The lowest BCUT2D eigenvalue weighted by Gasteiger charge is -2.03. The molecule has 0 aliphatic heterocycles. The number of amides is 2. The second-order valence-electron chi connectivity index (χ2n) is 4.92. The minimum absolute atomic E-state index is 0.0974. The van der Waals surface area contributed by atoms with E-state index in [9.17, 15) is 9.59 Å². The standard InChI is InChI=1S/C16H12ClN5O2S/c17-10-1-3-11(4-2-10)20-14(23)7-12-9-25-16(21-12)22-15(24)13-8-18-5-6-19-13/h1-6,8-9H,7H2,(H,20,23)(H,21,22,24). The minimum Gasteiger partial charge on any atom is -0.326 e. The maximum atomic E-state index is 12.0. The van der Waals surface area contributed by atoms with Crippen LogP contribution in [0.2, 0.25) is 5.02 Å². The van der Waals surface area contributed by atoms with Crippen LogP contribution in [0.1, 0.15) is 16.2 Å². The largest absolute Gasteiger partial charge is 0.326 e. The number of rotatable bonds is 5. The first-order valence-electron chi connectivity index (χ1n) is 7.17. The van der Waals surface area contributed by atoms with E-state index < -0.39 is 5.91 Å². The van der Waals surface area contributed by atoms with Crippen LogP contribution in [-0.2, 0) is 11.2 Å².